The van der Waals surface area contributed by atoms with Gasteiger partial charge in [-0.25, -0.2) is 18.2 Å². The summed E-state index contributed by atoms with van der Waals surface area (Å²) < 4.78 is 35.3. The highest BCUT2D eigenvalue weighted by molar-refractivity contribution is 7.89. The number of nitrogens with zero attached hydrogens (tertiary/aromatic N) is 3. The second-order valence-electron chi connectivity index (χ2n) is 11.3. The number of aromatic amines is 1. The van der Waals surface area contributed by atoms with Crippen LogP contribution in [0.4, 0.5) is 4.79 Å². The van der Waals surface area contributed by atoms with Crippen LogP contribution < -0.4 is 10.6 Å². The van der Waals surface area contributed by atoms with Gasteiger partial charge in [-0.15, -0.1) is 22.7 Å². The van der Waals surface area contributed by atoms with Crippen molar-refractivity contribution >= 4 is 54.9 Å². The fraction of sp³-hybridized carbons (Fsp3) is 0.200. The summed E-state index contributed by atoms with van der Waals surface area (Å²) in [6.45, 7) is -0.458. The molecule has 0 saturated carbocycles. The number of aliphatic hydroxyl groups is 1. The number of thiophene rings is 1. The van der Waals surface area contributed by atoms with Crippen LogP contribution in [0.3, 0.4) is 0 Å². The van der Waals surface area contributed by atoms with Crippen molar-refractivity contribution in [3.8, 4) is 0 Å². The Bertz CT molecular complexity index is 2100. The first-order valence-corrected chi connectivity index (χ1v) is 18.7. The van der Waals surface area contributed by atoms with Gasteiger partial charge in [0, 0.05) is 34.0 Å². The Morgan fingerprint density at radius 2 is 1.72 bits per heavy atom. The second-order valence-corrected chi connectivity index (χ2v) is 15.2. The zero-order valence-corrected chi connectivity index (χ0v) is 29.3. The molecule has 0 aliphatic heterocycles. The molecule has 6 aromatic rings. The van der Waals surface area contributed by atoms with Crippen LogP contribution in [-0.2, 0) is 32.6 Å². The first-order chi connectivity index (χ1) is 24.3. The summed E-state index contributed by atoms with van der Waals surface area (Å²) in [5, 5.41) is 23.0. The van der Waals surface area contributed by atoms with Crippen molar-refractivity contribution in [1.29, 1.82) is 0 Å². The molecule has 0 aliphatic rings. The number of nitrogens with one attached hydrogen (secondary N) is 3. The molecule has 258 valence electrons. The van der Waals surface area contributed by atoms with Crippen molar-refractivity contribution in [2.24, 2.45) is 0 Å². The predicted molar refractivity (Wildman–Crippen MR) is 191 cm³/mol. The van der Waals surface area contributed by atoms with Gasteiger partial charge in [-0.3, -0.25) is 9.89 Å². The molecule has 12 nitrogen and oxygen atoms in total. The Kier molecular flexibility index (Phi) is 11.0. The number of amides is 2. The minimum absolute atomic E-state index is 0.0512. The fourth-order valence-corrected chi connectivity index (χ4v) is 9.09. The quantitative estimate of drug-likeness (QED) is 0.119. The van der Waals surface area contributed by atoms with Crippen LogP contribution in [0.15, 0.2) is 114 Å². The van der Waals surface area contributed by atoms with Gasteiger partial charge in [-0.2, -0.15) is 9.40 Å². The zero-order chi connectivity index (χ0) is 35.1. The van der Waals surface area contributed by atoms with Crippen molar-refractivity contribution in [1.82, 2.24) is 30.1 Å². The lowest BCUT2D eigenvalue weighted by molar-refractivity contribution is -0.123. The second kappa shape index (κ2) is 15.7. The summed E-state index contributed by atoms with van der Waals surface area (Å²) in [6.07, 6.45) is 2.39. The highest BCUT2D eigenvalue weighted by atomic mass is 32.2. The highest BCUT2D eigenvalue weighted by Gasteiger charge is 2.35. The van der Waals surface area contributed by atoms with Crippen LogP contribution in [0.1, 0.15) is 38.4 Å². The van der Waals surface area contributed by atoms with Crippen LogP contribution in [-0.4, -0.2) is 64.8 Å². The van der Waals surface area contributed by atoms with Gasteiger partial charge in [0.2, 0.25) is 15.9 Å². The molecule has 2 atom stereocenters. The number of sulfonamides is 1. The lowest BCUT2D eigenvalue weighted by Gasteiger charge is -2.29. The van der Waals surface area contributed by atoms with Crippen LogP contribution in [0.25, 0.3) is 10.2 Å². The summed E-state index contributed by atoms with van der Waals surface area (Å²) in [7, 11) is -2.89. The van der Waals surface area contributed by atoms with Crippen molar-refractivity contribution in [2.45, 2.75) is 36.0 Å². The molecule has 3 aromatic heterocycles. The van der Waals surface area contributed by atoms with Gasteiger partial charge in [0.1, 0.15) is 6.04 Å². The van der Waals surface area contributed by atoms with Crippen LogP contribution in [0, 0.1) is 0 Å². The summed E-state index contributed by atoms with van der Waals surface area (Å²) in [6, 6.07) is 25.2. The number of H-pyrrole nitrogens is 1. The fourth-order valence-electron chi connectivity index (χ4n) is 5.70. The molecule has 0 fully saturated rings. The average molecular weight is 731 g/mol. The molecular formula is C35H34N6O6S3. The maximum absolute atomic E-state index is 14.2. The molecule has 50 heavy (non-hydrogen) atoms. The maximum atomic E-state index is 14.2. The predicted octanol–water partition coefficient (Wildman–Crippen LogP) is 5.18. The van der Waals surface area contributed by atoms with Crippen molar-refractivity contribution in [2.75, 3.05) is 13.7 Å². The number of carbonyl (C=O) groups is 2. The molecular weight excluding hydrogens is 697 g/mol. The number of aliphatic hydroxyl groups excluding tert-OH is 1. The Balaban J connectivity index is 1.26. The Labute approximate surface area is 296 Å². The van der Waals surface area contributed by atoms with Crippen LogP contribution in [0.5, 0.6) is 0 Å². The molecule has 0 aliphatic carbocycles. The Morgan fingerprint density at radius 1 is 1.00 bits per heavy atom. The Hall–Kier alpha value is -4.93. The maximum Gasteiger partial charge on any atom is 0.407 e. The minimum Gasteiger partial charge on any atom is -0.453 e. The molecule has 2 amide bonds. The van der Waals surface area contributed by atoms with E-state index >= 15 is 0 Å². The summed E-state index contributed by atoms with van der Waals surface area (Å²) in [5.74, 6) is -0.970. The third-order valence-electron chi connectivity index (χ3n) is 8.16. The van der Waals surface area contributed by atoms with Gasteiger partial charge in [-0.1, -0.05) is 60.7 Å². The van der Waals surface area contributed by atoms with Crippen molar-refractivity contribution < 1.29 is 27.9 Å². The van der Waals surface area contributed by atoms with E-state index in [4.69, 9.17) is 4.74 Å². The number of hydrogen-bond donors (Lipinski definition) is 4. The molecule has 15 heteroatoms. The number of alkyl carbamates (subject to hydrolysis) is 1. The number of aromatic nitrogens is 3. The van der Waals surface area contributed by atoms with E-state index in [1.165, 1.54) is 46.4 Å². The lowest BCUT2D eigenvalue weighted by Crippen LogP contribution is -2.50. The van der Waals surface area contributed by atoms with Gasteiger partial charge >= 0.3 is 6.09 Å². The monoisotopic (exact) mass is 730 g/mol. The molecule has 6 rings (SSSR count). The number of hydrogen-bond acceptors (Lipinski definition) is 10. The van der Waals surface area contributed by atoms with Gasteiger partial charge in [0.25, 0.3) is 0 Å². The number of fused-ring (bicyclic) bond motifs is 1. The average Bonchev–Trinajstić information content (AvgIpc) is 3.94. The van der Waals surface area contributed by atoms with Gasteiger partial charge in [0.05, 0.1) is 53.1 Å². The molecule has 0 radical (unpaired) electrons. The first kappa shape index (κ1) is 34.9. The zero-order valence-electron chi connectivity index (χ0n) is 26.8. The number of carbonyl (C=O) groups excluding carboxylic acids is 2. The molecule has 1 unspecified atom stereocenters. The van der Waals surface area contributed by atoms with Crippen LogP contribution in [0.2, 0.25) is 0 Å². The number of methoxy groups -OCH3 is 1. The molecule has 0 saturated heterocycles. The van der Waals surface area contributed by atoms with Gasteiger partial charge < -0.3 is 20.5 Å². The van der Waals surface area contributed by atoms with E-state index in [2.05, 4.69) is 25.8 Å². The van der Waals surface area contributed by atoms with Crippen LogP contribution >= 0.6 is 22.7 Å². The third kappa shape index (κ3) is 7.77. The highest BCUT2D eigenvalue weighted by Crippen LogP contribution is 2.35. The van der Waals surface area contributed by atoms with Gasteiger partial charge in [0.15, 0.2) is 0 Å². The van der Waals surface area contributed by atoms with Crippen molar-refractivity contribution in [3.63, 3.8) is 0 Å². The SMILES string of the molecule is COC(=O)N[C@H](C(=O)NCc1ccc(C(CO)N(Cc2cn[nH]c2)S(=O)(=O)c2ccc3scnc3c2)s1)C(c1ccccc1)c1ccccc1. The molecule has 0 bridgehead atoms. The standard InChI is InChI=1S/C35H34N6O6S3/c1-47-35(44)40-33(32(24-8-4-2-5-9-24)25-10-6-3-7-11-25)34(43)36-19-26-12-14-31(49-26)29(21-42)41(20-23-17-38-39-18-23)50(45,46)27-13-15-30-28(16-27)37-22-48-30/h2-18,22,29,32-33,42H,19-21H2,1H3,(H,36,43)(H,38,39)(H,40,44)/t29?,33-/m0/s1. The Morgan fingerprint density at radius 3 is 2.36 bits per heavy atom. The smallest absolute Gasteiger partial charge is 0.407 e. The van der Waals surface area contributed by atoms with Gasteiger partial charge in [-0.05, 0) is 41.5 Å². The normalized spacial score (nSPS) is 13.0. The molecule has 3 aromatic carbocycles. The first-order valence-electron chi connectivity index (χ1n) is 15.5. The summed E-state index contributed by atoms with van der Waals surface area (Å²) in [4.78, 5) is 32.0. The summed E-state index contributed by atoms with van der Waals surface area (Å²) >= 11 is 2.68. The molecule has 3 heterocycles. The number of thiazole rings is 1. The summed E-state index contributed by atoms with van der Waals surface area (Å²) in [5.41, 5.74) is 4.49. The lowest BCUT2D eigenvalue weighted by atomic mass is 9.84. The number of ether oxygens (including phenoxy) is 1. The molecule has 4 N–H and O–H groups in total. The van der Waals surface area contributed by atoms with E-state index in [1.807, 2.05) is 60.7 Å². The van der Waals surface area contributed by atoms with E-state index < -0.39 is 46.6 Å². The van der Waals surface area contributed by atoms with E-state index in [0.717, 1.165) is 15.8 Å². The van der Waals surface area contributed by atoms with Crippen molar-refractivity contribution in [3.05, 3.63) is 135 Å². The topological polar surface area (TPSA) is 167 Å². The minimum atomic E-state index is -4.13. The largest absolute Gasteiger partial charge is 0.453 e. The molecule has 0 spiro atoms. The van der Waals surface area contributed by atoms with E-state index in [0.29, 0.717) is 20.8 Å². The number of rotatable bonds is 14. The van der Waals surface area contributed by atoms with E-state index in [-0.39, 0.29) is 18.0 Å². The van der Waals surface area contributed by atoms with E-state index in [1.54, 1.807) is 36.0 Å². The number of benzene rings is 3. The van der Waals surface area contributed by atoms with E-state index in [9.17, 15) is 23.1 Å². The third-order valence-corrected chi connectivity index (χ3v) is 12.0.